The number of halogens is 1. The minimum Gasteiger partial charge on any atom is -0.302 e. The van der Waals surface area contributed by atoms with E-state index in [1.165, 1.54) is 0 Å². The van der Waals surface area contributed by atoms with Gasteiger partial charge in [-0.3, -0.25) is 0 Å². The van der Waals surface area contributed by atoms with Crippen LogP contribution in [-0.4, -0.2) is 14.8 Å². The third-order valence-corrected chi connectivity index (χ3v) is 5.34. The first-order valence-electron chi connectivity index (χ1n) is 6.63. The summed E-state index contributed by atoms with van der Waals surface area (Å²) in [6.07, 6.45) is 0. The van der Waals surface area contributed by atoms with Gasteiger partial charge in [-0.25, -0.2) is 0 Å². The molecule has 0 saturated heterocycles. The summed E-state index contributed by atoms with van der Waals surface area (Å²) in [5.74, 6) is 1.73. The number of benzene rings is 1. The summed E-state index contributed by atoms with van der Waals surface area (Å²) in [6.45, 7) is 2.96. The zero-order chi connectivity index (χ0) is 14.7. The summed E-state index contributed by atoms with van der Waals surface area (Å²) in [5.41, 5.74) is 1.12. The molecule has 3 aromatic rings. The maximum Gasteiger partial charge on any atom is 0.191 e. The van der Waals surface area contributed by atoms with Crippen molar-refractivity contribution < 1.29 is 0 Å². The molecule has 0 radical (unpaired) electrons. The molecule has 0 fully saturated rings. The Bertz CT molecular complexity index is 722. The Balaban J connectivity index is 1.82. The van der Waals surface area contributed by atoms with Crippen LogP contribution in [0.2, 0.25) is 5.02 Å². The van der Waals surface area contributed by atoms with Crippen LogP contribution in [0.25, 0.3) is 10.7 Å². The van der Waals surface area contributed by atoms with Gasteiger partial charge in [-0.2, -0.15) is 0 Å². The van der Waals surface area contributed by atoms with Gasteiger partial charge in [-0.1, -0.05) is 47.6 Å². The average Bonchev–Trinajstić information content (AvgIpc) is 3.15. The van der Waals surface area contributed by atoms with E-state index in [-0.39, 0.29) is 0 Å². The molecular weight excluding hydrogens is 322 g/mol. The zero-order valence-corrected chi connectivity index (χ0v) is 13.9. The van der Waals surface area contributed by atoms with Crippen molar-refractivity contribution in [2.75, 3.05) is 0 Å². The Morgan fingerprint density at radius 2 is 2.05 bits per heavy atom. The summed E-state index contributed by atoms with van der Waals surface area (Å²) < 4.78 is 2.15. The number of thioether (sulfide) groups is 1. The molecule has 3 nitrogen and oxygen atoms in total. The van der Waals surface area contributed by atoms with Crippen molar-refractivity contribution in [3.8, 4) is 10.7 Å². The first-order valence-corrected chi connectivity index (χ1v) is 8.87. The summed E-state index contributed by atoms with van der Waals surface area (Å²) in [6, 6.07) is 12.0. The van der Waals surface area contributed by atoms with E-state index in [1.807, 2.05) is 30.3 Å². The van der Waals surface area contributed by atoms with Crippen molar-refractivity contribution in [1.82, 2.24) is 14.8 Å². The Morgan fingerprint density at radius 1 is 1.19 bits per heavy atom. The highest BCUT2D eigenvalue weighted by molar-refractivity contribution is 7.98. The lowest BCUT2D eigenvalue weighted by Crippen LogP contribution is -1.99. The van der Waals surface area contributed by atoms with E-state index in [4.69, 9.17) is 11.6 Å². The SMILES string of the molecule is CCn1c(SCc2ccccc2Cl)nnc1-c1cccs1. The van der Waals surface area contributed by atoms with Crippen LogP contribution in [0.3, 0.4) is 0 Å². The highest BCUT2D eigenvalue weighted by atomic mass is 35.5. The van der Waals surface area contributed by atoms with E-state index in [0.29, 0.717) is 0 Å². The Hall–Kier alpha value is -1.30. The number of rotatable bonds is 5. The number of hydrogen-bond acceptors (Lipinski definition) is 4. The van der Waals surface area contributed by atoms with E-state index in [0.717, 1.165) is 38.7 Å². The van der Waals surface area contributed by atoms with Gasteiger partial charge in [0.15, 0.2) is 11.0 Å². The topological polar surface area (TPSA) is 30.7 Å². The molecule has 6 heteroatoms. The second-order valence-electron chi connectivity index (χ2n) is 4.41. The van der Waals surface area contributed by atoms with Crippen LogP contribution in [0.4, 0.5) is 0 Å². The molecule has 0 aliphatic rings. The molecule has 108 valence electrons. The van der Waals surface area contributed by atoms with E-state index in [1.54, 1.807) is 23.1 Å². The summed E-state index contributed by atoms with van der Waals surface area (Å²) >= 11 is 9.54. The molecule has 0 spiro atoms. The van der Waals surface area contributed by atoms with Gasteiger partial charge in [0.05, 0.1) is 4.88 Å². The minimum atomic E-state index is 0.794. The van der Waals surface area contributed by atoms with Gasteiger partial charge < -0.3 is 4.57 Å². The fraction of sp³-hybridized carbons (Fsp3) is 0.200. The van der Waals surface area contributed by atoms with Gasteiger partial charge in [0.25, 0.3) is 0 Å². The number of hydrogen-bond donors (Lipinski definition) is 0. The van der Waals surface area contributed by atoms with Crippen molar-refractivity contribution >= 4 is 34.7 Å². The van der Waals surface area contributed by atoms with Crippen molar-refractivity contribution in [1.29, 1.82) is 0 Å². The van der Waals surface area contributed by atoms with Crippen LogP contribution in [0.5, 0.6) is 0 Å². The molecule has 0 aliphatic heterocycles. The predicted molar refractivity (Wildman–Crippen MR) is 90.0 cm³/mol. The molecule has 0 atom stereocenters. The fourth-order valence-corrected chi connectivity index (χ4v) is 4.03. The summed E-state index contributed by atoms with van der Waals surface area (Å²) in [4.78, 5) is 1.15. The quantitative estimate of drug-likeness (QED) is 0.616. The monoisotopic (exact) mass is 335 g/mol. The van der Waals surface area contributed by atoms with Crippen molar-refractivity contribution in [2.45, 2.75) is 24.4 Å². The maximum atomic E-state index is 6.20. The lowest BCUT2D eigenvalue weighted by molar-refractivity contribution is 0.688. The van der Waals surface area contributed by atoms with Crippen molar-refractivity contribution in [3.05, 3.63) is 52.4 Å². The number of nitrogens with zero attached hydrogens (tertiary/aromatic N) is 3. The van der Waals surface area contributed by atoms with E-state index in [2.05, 4.69) is 33.1 Å². The fourth-order valence-electron chi connectivity index (χ4n) is 2.03. The van der Waals surface area contributed by atoms with Gasteiger partial charge in [-0.05, 0) is 30.0 Å². The standard InChI is InChI=1S/C15H14ClN3S2/c1-2-19-14(13-8-5-9-20-13)17-18-15(19)21-10-11-6-3-4-7-12(11)16/h3-9H,2,10H2,1H3. The van der Waals surface area contributed by atoms with Crippen LogP contribution >= 0.6 is 34.7 Å². The number of aromatic nitrogens is 3. The molecule has 21 heavy (non-hydrogen) atoms. The molecule has 0 saturated carbocycles. The Kier molecular flexibility index (Phi) is 4.63. The first-order chi connectivity index (χ1) is 10.3. The molecule has 2 aromatic heterocycles. The maximum absolute atomic E-state index is 6.20. The predicted octanol–water partition coefficient (Wildman–Crippen LogP) is 4.97. The van der Waals surface area contributed by atoms with Gasteiger partial charge >= 0.3 is 0 Å². The molecule has 0 aliphatic carbocycles. The second kappa shape index (κ2) is 6.64. The molecule has 0 unspecified atom stereocenters. The number of thiophene rings is 1. The lowest BCUT2D eigenvalue weighted by Gasteiger charge is -2.07. The molecule has 0 amide bonds. The molecule has 0 N–H and O–H groups in total. The normalized spacial score (nSPS) is 11.0. The molecule has 1 aromatic carbocycles. The first kappa shape index (κ1) is 14.6. The molecule has 0 bridgehead atoms. The molecular formula is C15H14ClN3S2. The summed E-state index contributed by atoms with van der Waals surface area (Å²) in [7, 11) is 0. The van der Waals surface area contributed by atoms with Crippen LogP contribution in [0.1, 0.15) is 12.5 Å². The van der Waals surface area contributed by atoms with Crippen LogP contribution < -0.4 is 0 Å². The Morgan fingerprint density at radius 3 is 2.76 bits per heavy atom. The summed E-state index contributed by atoms with van der Waals surface area (Å²) in [5, 5.41) is 12.4. The van der Waals surface area contributed by atoms with Gasteiger partial charge in [-0.15, -0.1) is 21.5 Å². The van der Waals surface area contributed by atoms with Crippen LogP contribution in [0, 0.1) is 0 Å². The highest BCUT2D eigenvalue weighted by Gasteiger charge is 2.14. The van der Waals surface area contributed by atoms with Crippen molar-refractivity contribution in [3.63, 3.8) is 0 Å². The smallest absolute Gasteiger partial charge is 0.191 e. The van der Waals surface area contributed by atoms with E-state index in [9.17, 15) is 0 Å². The lowest BCUT2D eigenvalue weighted by atomic mass is 10.2. The van der Waals surface area contributed by atoms with Crippen molar-refractivity contribution in [2.24, 2.45) is 0 Å². The largest absolute Gasteiger partial charge is 0.302 e. The minimum absolute atomic E-state index is 0.794. The third-order valence-electron chi connectivity index (χ3n) is 3.09. The highest BCUT2D eigenvalue weighted by Crippen LogP contribution is 2.30. The Labute approximate surface area is 137 Å². The third kappa shape index (κ3) is 3.15. The van der Waals surface area contributed by atoms with Crippen LogP contribution in [-0.2, 0) is 12.3 Å². The molecule has 3 rings (SSSR count). The van der Waals surface area contributed by atoms with Gasteiger partial charge in [0.1, 0.15) is 0 Å². The molecule has 2 heterocycles. The van der Waals surface area contributed by atoms with E-state index >= 15 is 0 Å². The average molecular weight is 336 g/mol. The van der Waals surface area contributed by atoms with Gasteiger partial charge in [0.2, 0.25) is 0 Å². The zero-order valence-electron chi connectivity index (χ0n) is 11.5. The second-order valence-corrected chi connectivity index (χ2v) is 6.71. The van der Waals surface area contributed by atoms with Crippen LogP contribution in [0.15, 0.2) is 46.9 Å². The van der Waals surface area contributed by atoms with E-state index < -0.39 is 0 Å². The van der Waals surface area contributed by atoms with Gasteiger partial charge in [0, 0.05) is 17.3 Å².